The van der Waals surface area contributed by atoms with E-state index in [-0.39, 0.29) is 0 Å². The van der Waals surface area contributed by atoms with Crippen LogP contribution in [0.2, 0.25) is 0 Å². The Kier molecular flexibility index (Phi) is 4.70. The Hall–Kier alpha value is -0.960. The van der Waals surface area contributed by atoms with Gasteiger partial charge in [0.05, 0.1) is 6.04 Å². The molecule has 0 spiro atoms. The molecule has 1 aromatic carbocycles. The molecule has 1 aliphatic heterocycles. The summed E-state index contributed by atoms with van der Waals surface area (Å²) in [6.45, 7) is 6.75. The van der Waals surface area contributed by atoms with Gasteiger partial charge in [0.2, 0.25) is 0 Å². The smallest absolute Gasteiger partial charge is 0.157 e. The van der Waals surface area contributed by atoms with E-state index < -0.39 is 0 Å². The standard InChI is InChI=1S/C15H22N2S/c1-4-13(11(2)3)16-15-17-14(10-18-15)12-8-6-5-7-9-12/h5-9,11,13-14H,4,10H2,1-3H3,(H,16,17). The zero-order valence-corrected chi connectivity index (χ0v) is 12.2. The maximum atomic E-state index is 4.80. The minimum atomic E-state index is 0.323. The van der Waals surface area contributed by atoms with Crippen molar-refractivity contribution in [1.29, 1.82) is 0 Å². The lowest BCUT2D eigenvalue weighted by molar-refractivity contribution is 0.443. The van der Waals surface area contributed by atoms with Crippen LogP contribution in [0.3, 0.4) is 0 Å². The minimum Gasteiger partial charge on any atom is -0.362 e. The third-order valence-corrected chi connectivity index (χ3v) is 4.37. The zero-order valence-electron chi connectivity index (χ0n) is 11.4. The van der Waals surface area contributed by atoms with Crippen LogP contribution in [0.15, 0.2) is 35.3 Å². The maximum absolute atomic E-state index is 4.80. The molecule has 98 valence electrons. The summed E-state index contributed by atoms with van der Waals surface area (Å²) in [6.07, 6.45) is 1.15. The number of hydrogen-bond donors (Lipinski definition) is 1. The lowest BCUT2D eigenvalue weighted by atomic mass is 10.0. The molecule has 2 atom stereocenters. The van der Waals surface area contributed by atoms with Crippen LogP contribution in [0.25, 0.3) is 0 Å². The molecule has 0 aromatic heterocycles. The first-order valence-corrected chi connectivity index (χ1v) is 7.71. The van der Waals surface area contributed by atoms with E-state index >= 15 is 0 Å². The maximum Gasteiger partial charge on any atom is 0.157 e. The van der Waals surface area contributed by atoms with Crippen molar-refractivity contribution in [3.63, 3.8) is 0 Å². The largest absolute Gasteiger partial charge is 0.362 e. The second-order valence-corrected chi connectivity index (χ2v) is 6.08. The van der Waals surface area contributed by atoms with Gasteiger partial charge in [0.1, 0.15) is 0 Å². The van der Waals surface area contributed by atoms with Crippen molar-refractivity contribution in [2.75, 3.05) is 5.75 Å². The summed E-state index contributed by atoms with van der Waals surface area (Å²) in [6, 6.07) is 11.4. The van der Waals surface area contributed by atoms with E-state index in [0.717, 1.165) is 17.3 Å². The zero-order chi connectivity index (χ0) is 13.0. The molecule has 1 aliphatic rings. The molecular formula is C15H22N2S. The van der Waals surface area contributed by atoms with Gasteiger partial charge in [-0.05, 0) is 17.9 Å². The fourth-order valence-corrected chi connectivity index (χ4v) is 3.22. The molecule has 0 saturated heterocycles. The lowest BCUT2D eigenvalue weighted by Crippen LogP contribution is -2.35. The first-order chi connectivity index (χ1) is 8.70. The number of nitrogens with one attached hydrogen (secondary N) is 1. The van der Waals surface area contributed by atoms with Crippen molar-refractivity contribution >= 4 is 16.9 Å². The molecule has 2 unspecified atom stereocenters. The van der Waals surface area contributed by atoms with Gasteiger partial charge < -0.3 is 5.32 Å². The van der Waals surface area contributed by atoms with E-state index in [1.165, 1.54) is 5.56 Å². The number of nitrogens with zero attached hydrogens (tertiary/aromatic N) is 1. The molecule has 18 heavy (non-hydrogen) atoms. The van der Waals surface area contributed by atoms with Gasteiger partial charge >= 0.3 is 0 Å². The van der Waals surface area contributed by atoms with E-state index in [0.29, 0.717) is 18.0 Å². The fourth-order valence-electron chi connectivity index (χ4n) is 2.20. The molecule has 0 bridgehead atoms. The SMILES string of the molecule is CCC(NC1=NC(c2ccccc2)CS1)C(C)C. The highest BCUT2D eigenvalue weighted by molar-refractivity contribution is 8.14. The van der Waals surface area contributed by atoms with Gasteiger partial charge in [0.25, 0.3) is 0 Å². The highest BCUT2D eigenvalue weighted by Crippen LogP contribution is 2.29. The molecule has 0 radical (unpaired) electrons. The number of amidine groups is 1. The first kappa shape index (κ1) is 13.5. The average molecular weight is 262 g/mol. The second-order valence-electron chi connectivity index (χ2n) is 5.07. The molecule has 1 aromatic rings. The van der Waals surface area contributed by atoms with Gasteiger partial charge in [0, 0.05) is 11.8 Å². The van der Waals surface area contributed by atoms with Crippen molar-refractivity contribution in [3.05, 3.63) is 35.9 Å². The average Bonchev–Trinajstić information content (AvgIpc) is 2.85. The topological polar surface area (TPSA) is 24.4 Å². The molecule has 3 heteroatoms. The predicted octanol–water partition coefficient (Wildman–Crippen LogP) is 3.85. The fraction of sp³-hybridized carbons (Fsp3) is 0.533. The normalized spacial score (nSPS) is 20.9. The van der Waals surface area contributed by atoms with Gasteiger partial charge in [-0.2, -0.15) is 0 Å². The summed E-state index contributed by atoms with van der Waals surface area (Å²) < 4.78 is 0. The summed E-state index contributed by atoms with van der Waals surface area (Å²) in [5.74, 6) is 1.70. The van der Waals surface area contributed by atoms with Crippen LogP contribution in [-0.4, -0.2) is 17.0 Å². The highest BCUT2D eigenvalue weighted by atomic mass is 32.2. The van der Waals surface area contributed by atoms with Gasteiger partial charge in [-0.1, -0.05) is 62.9 Å². The van der Waals surface area contributed by atoms with E-state index in [9.17, 15) is 0 Å². The molecule has 0 aliphatic carbocycles. The molecule has 2 rings (SSSR count). The summed E-state index contributed by atoms with van der Waals surface area (Å²) in [5.41, 5.74) is 1.32. The number of rotatable bonds is 4. The summed E-state index contributed by atoms with van der Waals surface area (Å²) >= 11 is 1.85. The van der Waals surface area contributed by atoms with E-state index in [1.807, 2.05) is 11.8 Å². The predicted molar refractivity (Wildman–Crippen MR) is 81.1 cm³/mol. The van der Waals surface area contributed by atoms with Crippen LogP contribution in [0, 0.1) is 5.92 Å². The summed E-state index contributed by atoms with van der Waals surface area (Å²) in [5, 5.41) is 4.69. The molecule has 0 fully saturated rings. The third-order valence-electron chi connectivity index (χ3n) is 3.39. The Morgan fingerprint density at radius 2 is 2.06 bits per heavy atom. The van der Waals surface area contributed by atoms with Crippen LogP contribution in [0.5, 0.6) is 0 Å². The van der Waals surface area contributed by atoms with Crippen LogP contribution < -0.4 is 5.32 Å². The third kappa shape index (κ3) is 3.29. The van der Waals surface area contributed by atoms with Crippen LogP contribution in [0.1, 0.15) is 38.8 Å². The first-order valence-electron chi connectivity index (χ1n) is 6.72. The van der Waals surface area contributed by atoms with Gasteiger partial charge in [-0.25, -0.2) is 0 Å². The van der Waals surface area contributed by atoms with Crippen molar-refractivity contribution < 1.29 is 0 Å². The Labute approximate surface area is 114 Å². The van der Waals surface area contributed by atoms with Crippen molar-refractivity contribution in [3.8, 4) is 0 Å². The van der Waals surface area contributed by atoms with Crippen molar-refractivity contribution in [2.45, 2.75) is 39.3 Å². The molecular weight excluding hydrogens is 240 g/mol. The van der Waals surface area contributed by atoms with E-state index in [4.69, 9.17) is 4.99 Å². The molecule has 1 heterocycles. The van der Waals surface area contributed by atoms with Crippen molar-refractivity contribution in [1.82, 2.24) is 5.32 Å². The molecule has 0 saturated carbocycles. The number of benzene rings is 1. The van der Waals surface area contributed by atoms with Crippen LogP contribution >= 0.6 is 11.8 Å². The Morgan fingerprint density at radius 1 is 1.33 bits per heavy atom. The monoisotopic (exact) mass is 262 g/mol. The Morgan fingerprint density at radius 3 is 2.67 bits per heavy atom. The molecule has 1 N–H and O–H groups in total. The summed E-state index contributed by atoms with van der Waals surface area (Å²) in [4.78, 5) is 4.80. The van der Waals surface area contributed by atoms with Crippen LogP contribution in [0.4, 0.5) is 0 Å². The number of thioether (sulfide) groups is 1. The summed E-state index contributed by atoms with van der Waals surface area (Å²) in [7, 11) is 0. The highest BCUT2D eigenvalue weighted by Gasteiger charge is 2.22. The Bertz CT molecular complexity index is 400. The minimum absolute atomic E-state index is 0.323. The lowest BCUT2D eigenvalue weighted by Gasteiger charge is -2.21. The van der Waals surface area contributed by atoms with E-state index in [1.54, 1.807) is 0 Å². The second kappa shape index (κ2) is 6.28. The van der Waals surface area contributed by atoms with Gasteiger partial charge in [-0.15, -0.1) is 0 Å². The van der Waals surface area contributed by atoms with Gasteiger partial charge in [0.15, 0.2) is 5.17 Å². The molecule has 0 amide bonds. The number of aliphatic imine (C=N–C) groups is 1. The van der Waals surface area contributed by atoms with Crippen molar-refractivity contribution in [2.24, 2.45) is 10.9 Å². The quantitative estimate of drug-likeness (QED) is 0.891. The Balaban J connectivity index is 2.00. The van der Waals surface area contributed by atoms with Gasteiger partial charge in [-0.3, -0.25) is 4.99 Å². The molecule has 2 nitrogen and oxygen atoms in total. The number of hydrogen-bond acceptors (Lipinski definition) is 3. The van der Waals surface area contributed by atoms with E-state index in [2.05, 4.69) is 56.4 Å². The van der Waals surface area contributed by atoms with Crippen LogP contribution in [-0.2, 0) is 0 Å².